The molecule has 1 aliphatic heterocycles. The molecule has 1 N–H and O–H groups in total. The second kappa shape index (κ2) is 5.54. The van der Waals surface area contributed by atoms with Crippen molar-refractivity contribution in [2.45, 2.75) is 18.9 Å². The Kier molecular flexibility index (Phi) is 4.04. The van der Waals surface area contributed by atoms with Gasteiger partial charge < -0.3 is 14.7 Å². The van der Waals surface area contributed by atoms with Gasteiger partial charge in [-0.3, -0.25) is 4.79 Å². The highest BCUT2D eigenvalue weighted by molar-refractivity contribution is 6.14. The molecule has 18 heavy (non-hydrogen) atoms. The molecule has 2 rings (SSSR count). The minimum Gasteiger partial charge on any atom is -0.394 e. The average Bonchev–Trinajstić information content (AvgIpc) is 2.51. The molecule has 4 nitrogen and oxygen atoms in total. The maximum Gasteiger partial charge on any atom is 0.235 e. The van der Waals surface area contributed by atoms with Crippen LogP contribution < -0.4 is 0 Å². The summed E-state index contributed by atoms with van der Waals surface area (Å²) in [6.45, 7) is 2.16. The summed E-state index contributed by atoms with van der Waals surface area (Å²) in [5.74, 6) is -0.366. The number of aliphatic hydroxyl groups is 1. The molecular weight excluding hydrogens is 229 g/mol. The summed E-state index contributed by atoms with van der Waals surface area (Å²) in [5, 5.41) is 9.38. The van der Waals surface area contributed by atoms with Crippen molar-refractivity contribution in [2.24, 2.45) is 0 Å². The van der Waals surface area contributed by atoms with E-state index in [1.807, 2.05) is 31.2 Å². The predicted octanol–water partition coefficient (Wildman–Crippen LogP) is 0.382. The summed E-state index contributed by atoms with van der Waals surface area (Å²) in [4.78, 5) is 12.7. The Morgan fingerprint density at radius 3 is 2.72 bits per heavy atom. The fraction of sp³-hybridized carbons (Fsp3) is 0.462. The molecule has 1 saturated heterocycles. The van der Waals surface area contributed by atoms with Crippen LogP contribution in [0.5, 0.6) is 0 Å². The van der Waals surface area contributed by atoms with Gasteiger partial charge in [0.1, 0.15) is 6.61 Å². The Labute approximate surface area is 108 Å². The van der Waals surface area contributed by atoms with Crippen molar-refractivity contribution in [3.05, 3.63) is 35.4 Å². The number of nitrogens with zero attached hydrogens (tertiary/aromatic N) is 1. The molecule has 94 valence electrons. The first-order chi connectivity index (χ1) is 8.61. The maximum absolute atomic E-state index is 11.5. The summed E-state index contributed by atoms with van der Waals surface area (Å²) in [5.41, 5.74) is 2.18. The van der Waals surface area contributed by atoms with Gasteiger partial charge in [-0.1, -0.05) is 29.8 Å². The molecule has 1 aromatic carbocycles. The molecule has 2 unspecified atom stereocenters. The number of carbonyl (C=O) groups excluding carboxylic acids is 1. The van der Waals surface area contributed by atoms with Crippen molar-refractivity contribution in [3.63, 3.8) is 0 Å². The van der Waals surface area contributed by atoms with Gasteiger partial charge in [-0.15, -0.1) is 0 Å². The van der Waals surface area contributed by atoms with Crippen LogP contribution in [0.3, 0.4) is 0 Å². The SMILES string of the molecule is [B]N1CC(c2ccc(C)cc2)C(CO)OCC1=O. The van der Waals surface area contributed by atoms with E-state index >= 15 is 0 Å². The molecule has 1 amide bonds. The van der Waals surface area contributed by atoms with E-state index in [4.69, 9.17) is 12.7 Å². The number of rotatable bonds is 2. The zero-order chi connectivity index (χ0) is 13.1. The number of aliphatic hydroxyl groups excluding tert-OH is 1. The summed E-state index contributed by atoms with van der Waals surface area (Å²) in [6, 6.07) is 7.96. The van der Waals surface area contributed by atoms with E-state index in [1.54, 1.807) is 0 Å². The third-order valence-corrected chi connectivity index (χ3v) is 3.27. The number of hydrogen-bond acceptors (Lipinski definition) is 3. The molecule has 1 aliphatic rings. The van der Waals surface area contributed by atoms with Gasteiger partial charge in [0, 0.05) is 12.5 Å². The second-order valence-electron chi connectivity index (χ2n) is 4.60. The normalized spacial score (nSPS) is 25.0. The zero-order valence-electron chi connectivity index (χ0n) is 10.4. The monoisotopic (exact) mass is 245 g/mol. The first-order valence-electron chi connectivity index (χ1n) is 5.96. The lowest BCUT2D eigenvalue weighted by Crippen LogP contribution is -2.33. The van der Waals surface area contributed by atoms with Crippen LogP contribution in [0, 0.1) is 6.92 Å². The molecule has 0 aliphatic carbocycles. The fourth-order valence-electron chi connectivity index (χ4n) is 2.12. The maximum atomic E-state index is 11.5. The molecule has 0 bridgehead atoms. The van der Waals surface area contributed by atoms with Crippen LogP contribution >= 0.6 is 0 Å². The van der Waals surface area contributed by atoms with E-state index < -0.39 is 6.10 Å². The Hall–Kier alpha value is -1.33. The molecule has 2 radical (unpaired) electrons. The predicted molar refractivity (Wildman–Crippen MR) is 68.2 cm³/mol. The number of benzene rings is 1. The highest BCUT2D eigenvalue weighted by atomic mass is 16.5. The van der Waals surface area contributed by atoms with E-state index in [0.29, 0.717) is 6.54 Å². The molecule has 2 atom stereocenters. The largest absolute Gasteiger partial charge is 0.394 e. The van der Waals surface area contributed by atoms with Crippen LogP contribution in [0.2, 0.25) is 0 Å². The van der Waals surface area contributed by atoms with Crippen molar-refractivity contribution in [1.29, 1.82) is 0 Å². The number of ether oxygens (including phenoxy) is 1. The Morgan fingerprint density at radius 2 is 2.11 bits per heavy atom. The van der Waals surface area contributed by atoms with Crippen LogP contribution in [-0.2, 0) is 9.53 Å². The van der Waals surface area contributed by atoms with E-state index in [9.17, 15) is 9.90 Å². The van der Waals surface area contributed by atoms with Crippen molar-refractivity contribution < 1.29 is 14.6 Å². The molecule has 0 spiro atoms. The topological polar surface area (TPSA) is 49.8 Å². The van der Waals surface area contributed by atoms with Crippen molar-refractivity contribution in [2.75, 3.05) is 19.8 Å². The number of amides is 1. The number of carbonyl (C=O) groups is 1. The van der Waals surface area contributed by atoms with Gasteiger partial charge in [0.2, 0.25) is 13.9 Å². The van der Waals surface area contributed by atoms with Gasteiger partial charge in [-0.25, -0.2) is 0 Å². The van der Waals surface area contributed by atoms with Crippen LogP contribution in [0.1, 0.15) is 17.0 Å². The van der Waals surface area contributed by atoms with E-state index in [0.717, 1.165) is 11.1 Å². The highest BCUT2D eigenvalue weighted by Gasteiger charge is 2.30. The molecule has 0 aromatic heterocycles. The number of aryl methyl sites for hydroxylation is 1. The van der Waals surface area contributed by atoms with Gasteiger partial charge in [0.15, 0.2) is 0 Å². The van der Waals surface area contributed by atoms with Crippen LogP contribution in [-0.4, -0.2) is 49.7 Å². The Balaban J connectivity index is 2.26. The van der Waals surface area contributed by atoms with E-state index in [1.165, 1.54) is 4.81 Å². The fourth-order valence-corrected chi connectivity index (χ4v) is 2.12. The first kappa shape index (κ1) is 13.1. The Morgan fingerprint density at radius 1 is 1.44 bits per heavy atom. The molecular formula is C13H16BNO3. The minimum atomic E-state index is -0.398. The van der Waals surface area contributed by atoms with Gasteiger partial charge >= 0.3 is 0 Å². The van der Waals surface area contributed by atoms with Crippen LogP contribution in [0.4, 0.5) is 0 Å². The van der Waals surface area contributed by atoms with Crippen molar-refractivity contribution in [3.8, 4) is 0 Å². The van der Waals surface area contributed by atoms with Gasteiger partial charge in [-0.05, 0) is 12.5 Å². The van der Waals surface area contributed by atoms with Crippen molar-refractivity contribution >= 4 is 13.9 Å². The zero-order valence-corrected chi connectivity index (χ0v) is 10.4. The third kappa shape index (κ3) is 2.74. The molecule has 1 aromatic rings. The minimum absolute atomic E-state index is 0.0793. The molecule has 1 heterocycles. The lowest BCUT2D eigenvalue weighted by molar-refractivity contribution is -0.131. The number of hydrogen-bond donors (Lipinski definition) is 1. The highest BCUT2D eigenvalue weighted by Crippen LogP contribution is 2.25. The third-order valence-electron chi connectivity index (χ3n) is 3.27. The van der Waals surface area contributed by atoms with Crippen LogP contribution in [0.25, 0.3) is 0 Å². The van der Waals surface area contributed by atoms with E-state index in [-0.39, 0.29) is 25.0 Å². The van der Waals surface area contributed by atoms with E-state index in [2.05, 4.69) is 0 Å². The molecule has 1 fully saturated rings. The lowest BCUT2D eigenvalue weighted by Gasteiger charge is -2.25. The van der Waals surface area contributed by atoms with Crippen molar-refractivity contribution in [1.82, 2.24) is 4.81 Å². The van der Waals surface area contributed by atoms with Gasteiger partial charge in [0.25, 0.3) is 0 Å². The van der Waals surface area contributed by atoms with Gasteiger partial charge in [0.05, 0.1) is 12.7 Å². The molecule has 5 heteroatoms. The lowest BCUT2D eigenvalue weighted by atomic mass is 9.92. The first-order valence-corrected chi connectivity index (χ1v) is 5.96. The standard InChI is InChI=1S/C13H16BNO3/c1-9-2-4-10(5-3-9)11-6-15(14)13(17)8-18-12(11)7-16/h2-5,11-12,16H,6-8H2,1H3. The summed E-state index contributed by atoms with van der Waals surface area (Å²) < 4.78 is 5.41. The smallest absolute Gasteiger partial charge is 0.235 e. The average molecular weight is 245 g/mol. The second-order valence-corrected chi connectivity index (χ2v) is 4.60. The molecule has 0 saturated carbocycles. The Bertz CT molecular complexity index is 421. The summed E-state index contributed by atoms with van der Waals surface area (Å²) in [6.07, 6.45) is -0.398. The summed E-state index contributed by atoms with van der Waals surface area (Å²) in [7, 11) is 5.67. The quantitative estimate of drug-likeness (QED) is 0.766. The van der Waals surface area contributed by atoms with Gasteiger partial charge in [-0.2, -0.15) is 0 Å². The van der Waals surface area contributed by atoms with Crippen LogP contribution in [0.15, 0.2) is 24.3 Å². The summed E-state index contributed by atoms with van der Waals surface area (Å²) >= 11 is 0.